The van der Waals surface area contributed by atoms with Crippen LogP contribution in [0.5, 0.6) is 23.0 Å². The van der Waals surface area contributed by atoms with E-state index in [9.17, 15) is 0 Å². The maximum absolute atomic E-state index is 5.94. The molecule has 4 nitrogen and oxygen atoms in total. The Balaban J connectivity index is 1.84. The summed E-state index contributed by atoms with van der Waals surface area (Å²) in [7, 11) is 0. The van der Waals surface area contributed by atoms with Gasteiger partial charge in [-0.25, -0.2) is 0 Å². The van der Waals surface area contributed by atoms with Crippen molar-refractivity contribution in [3.63, 3.8) is 0 Å². The van der Waals surface area contributed by atoms with Gasteiger partial charge in [-0.1, -0.05) is 18.2 Å². The first-order valence-corrected chi connectivity index (χ1v) is 7.70. The number of ether oxygens (including phenoxy) is 2. The Morgan fingerprint density at radius 3 is 1.50 bits per heavy atom. The molecule has 0 aliphatic carbocycles. The van der Waals surface area contributed by atoms with Crippen molar-refractivity contribution >= 4 is 11.4 Å². The van der Waals surface area contributed by atoms with Gasteiger partial charge in [-0.15, -0.1) is 0 Å². The summed E-state index contributed by atoms with van der Waals surface area (Å²) in [6.07, 6.45) is 0. The van der Waals surface area contributed by atoms with E-state index >= 15 is 0 Å². The number of nitrogen functional groups attached to an aromatic ring is 2. The monoisotopic (exact) mass is 320 g/mol. The molecule has 3 aromatic rings. The minimum atomic E-state index is 0.683. The molecule has 0 amide bonds. The van der Waals surface area contributed by atoms with E-state index in [0.717, 1.165) is 22.6 Å². The van der Waals surface area contributed by atoms with Gasteiger partial charge in [0.15, 0.2) is 0 Å². The van der Waals surface area contributed by atoms with Crippen LogP contribution >= 0.6 is 0 Å². The molecule has 0 saturated carbocycles. The lowest BCUT2D eigenvalue weighted by atomic mass is 10.2. The van der Waals surface area contributed by atoms with Gasteiger partial charge in [0.1, 0.15) is 23.0 Å². The summed E-state index contributed by atoms with van der Waals surface area (Å²) in [5.74, 6) is 2.82. The summed E-state index contributed by atoms with van der Waals surface area (Å²) in [6.45, 7) is 3.86. The highest BCUT2D eigenvalue weighted by molar-refractivity contribution is 5.55. The third-order valence-electron chi connectivity index (χ3n) is 3.91. The molecular weight excluding hydrogens is 300 g/mol. The molecule has 0 saturated heterocycles. The SMILES string of the molecule is Cc1c(N)cccc1Oc1cccc(Oc2cccc(N)c2C)c1. The molecule has 0 heterocycles. The predicted octanol–water partition coefficient (Wildman–Crippen LogP) is 5.05. The molecule has 0 spiro atoms. The van der Waals surface area contributed by atoms with Crippen LogP contribution in [0.25, 0.3) is 0 Å². The topological polar surface area (TPSA) is 70.5 Å². The molecule has 24 heavy (non-hydrogen) atoms. The summed E-state index contributed by atoms with van der Waals surface area (Å²) < 4.78 is 11.9. The number of nitrogens with two attached hydrogens (primary N) is 2. The fourth-order valence-electron chi connectivity index (χ4n) is 2.34. The second kappa shape index (κ2) is 6.54. The van der Waals surface area contributed by atoms with E-state index in [-0.39, 0.29) is 0 Å². The third-order valence-corrected chi connectivity index (χ3v) is 3.91. The molecule has 4 N–H and O–H groups in total. The Hall–Kier alpha value is -3.14. The molecule has 3 aromatic carbocycles. The first-order chi connectivity index (χ1) is 11.5. The molecule has 122 valence electrons. The molecule has 0 unspecified atom stereocenters. The van der Waals surface area contributed by atoms with Crippen molar-refractivity contribution in [2.75, 3.05) is 11.5 Å². The van der Waals surface area contributed by atoms with Gasteiger partial charge >= 0.3 is 0 Å². The largest absolute Gasteiger partial charge is 0.457 e. The zero-order valence-corrected chi connectivity index (χ0v) is 13.7. The van der Waals surface area contributed by atoms with Crippen LogP contribution in [-0.2, 0) is 0 Å². The lowest BCUT2D eigenvalue weighted by molar-refractivity contribution is 0.457. The average molecular weight is 320 g/mol. The Kier molecular flexibility index (Phi) is 4.29. The molecule has 0 bridgehead atoms. The highest BCUT2D eigenvalue weighted by atomic mass is 16.5. The van der Waals surface area contributed by atoms with Crippen LogP contribution < -0.4 is 20.9 Å². The van der Waals surface area contributed by atoms with Gasteiger partial charge in [0.2, 0.25) is 0 Å². The maximum atomic E-state index is 5.94. The van der Waals surface area contributed by atoms with Crippen molar-refractivity contribution in [1.82, 2.24) is 0 Å². The zero-order chi connectivity index (χ0) is 17.1. The van der Waals surface area contributed by atoms with Crippen molar-refractivity contribution in [2.24, 2.45) is 0 Å². The summed E-state index contributed by atoms with van der Waals surface area (Å²) in [6, 6.07) is 18.7. The quantitative estimate of drug-likeness (QED) is 0.660. The van der Waals surface area contributed by atoms with Crippen LogP contribution in [0.15, 0.2) is 60.7 Å². The Morgan fingerprint density at radius 2 is 1.04 bits per heavy atom. The van der Waals surface area contributed by atoms with Crippen LogP contribution in [0.3, 0.4) is 0 Å². The number of hydrogen-bond acceptors (Lipinski definition) is 4. The predicted molar refractivity (Wildman–Crippen MR) is 97.8 cm³/mol. The van der Waals surface area contributed by atoms with Crippen LogP contribution in [0.1, 0.15) is 11.1 Å². The summed E-state index contributed by atoms with van der Waals surface area (Å²) in [4.78, 5) is 0. The molecule has 0 aliphatic heterocycles. The van der Waals surface area contributed by atoms with E-state index in [4.69, 9.17) is 20.9 Å². The summed E-state index contributed by atoms with van der Waals surface area (Å²) in [5, 5.41) is 0. The molecule has 0 fully saturated rings. The van der Waals surface area contributed by atoms with Crippen molar-refractivity contribution in [3.8, 4) is 23.0 Å². The lowest BCUT2D eigenvalue weighted by Crippen LogP contribution is -1.95. The van der Waals surface area contributed by atoms with E-state index < -0.39 is 0 Å². The van der Waals surface area contributed by atoms with Gasteiger partial charge < -0.3 is 20.9 Å². The van der Waals surface area contributed by atoms with Gasteiger partial charge in [-0.3, -0.25) is 0 Å². The second-order valence-electron chi connectivity index (χ2n) is 5.62. The number of benzene rings is 3. The van der Waals surface area contributed by atoms with E-state index in [1.165, 1.54) is 0 Å². The maximum Gasteiger partial charge on any atom is 0.132 e. The first kappa shape index (κ1) is 15.7. The molecule has 0 radical (unpaired) electrons. The molecule has 3 rings (SSSR count). The minimum Gasteiger partial charge on any atom is -0.457 e. The van der Waals surface area contributed by atoms with Gasteiger partial charge in [0.05, 0.1) is 0 Å². The smallest absolute Gasteiger partial charge is 0.132 e. The Bertz CT molecular complexity index is 807. The van der Waals surface area contributed by atoms with Crippen molar-refractivity contribution in [2.45, 2.75) is 13.8 Å². The van der Waals surface area contributed by atoms with Crippen LogP contribution in [0, 0.1) is 13.8 Å². The lowest BCUT2D eigenvalue weighted by Gasteiger charge is -2.13. The van der Waals surface area contributed by atoms with Crippen molar-refractivity contribution in [3.05, 3.63) is 71.8 Å². The highest BCUT2D eigenvalue weighted by Gasteiger charge is 2.07. The standard InChI is InChI=1S/C20H20N2O2/c1-13-17(21)8-4-10-19(13)23-15-6-3-7-16(12-15)24-20-11-5-9-18(22)14(20)2/h3-12H,21-22H2,1-2H3. The normalized spacial score (nSPS) is 10.4. The first-order valence-electron chi connectivity index (χ1n) is 7.70. The molecule has 4 heteroatoms. The average Bonchev–Trinajstić information content (AvgIpc) is 2.57. The van der Waals surface area contributed by atoms with Crippen molar-refractivity contribution < 1.29 is 9.47 Å². The molecule has 0 aliphatic rings. The van der Waals surface area contributed by atoms with Crippen molar-refractivity contribution in [1.29, 1.82) is 0 Å². The van der Waals surface area contributed by atoms with Crippen LogP contribution in [0.4, 0.5) is 11.4 Å². The van der Waals surface area contributed by atoms with E-state index in [2.05, 4.69) is 0 Å². The second-order valence-corrected chi connectivity index (χ2v) is 5.62. The van der Waals surface area contributed by atoms with Crippen LogP contribution in [0.2, 0.25) is 0 Å². The highest BCUT2D eigenvalue weighted by Crippen LogP contribution is 2.33. The van der Waals surface area contributed by atoms with Gasteiger partial charge in [0, 0.05) is 28.6 Å². The van der Waals surface area contributed by atoms with Gasteiger partial charge in [-0.2, -0.15) is 0 Å². The summed E-state index contributed by atoms with van der Waals surface area (Å²) >= 11 is 0. The van der Waals surface area contributed by atoms with Gasteiger partial charge in [-0.05, 0) is 50.2 Å². The zero-order valence-electron chi connectivity index (χ0n) is 13.7. The number of anilines is 2. The molecule has 0 aromatic heterocycles. The Labute approximate surface area is 141 Å². The van der Waals surface area contributed by atoms with E-state index in [1.54, 1.807) is 0 Å². The summed E-state index contributed by atoms with van der Waals surface area (Å²) in [5.41, 5.74) is 15.1. The molecule has 0 atom stereocenters. The van der Waals surface area contributed by atoms with E-state index in [1.807, 2.05) is 74.5 Å². The van der Waals surface area contributed by atoms with Gasteiger partial charge in [0.25, 0.3) is 0 Å². The Morgan fingerprint density at radius 1 is 0.625 bits per heavy atom. The third kappa shape index (κ3) is 3.27. The fourth-order valence-corrected chi connectivity index (χ4v) is 2.34. The van der Waals surface area contributed by atoms with E-state index in [0.29, 0.717) is 22.9 Å². The minimum absolute atomic E-state index is 0.683. The number of hydrogen-bond donors (Lipinski definition) is 2. The number of rotatable bonds is 4. The molecular formula is C20H20N2O2. The fraction of sp³-hybridized carbons (Fsp3) is 0.100. The van der Waals surface area contributed by atoms with Crippen LogP contribution in [-0.4, -0.2) is 0 Å².